The molecule has 0 rings (SSSR count). The minimum atomic E-state index is -0.819. The molecule has 0 saturated heterocycles. The zero-order valence-corrected chi connectivity index (χ0v) is 51.3. The maximum Gasteiger partial charge on any atom is 0.306 e. The lowest BCUT2D eigenvalue weighted by Gasteiger charge is -2.18. The monoisotopic (exact) mass is 1090 g/mol. The average molecular weight is 1090 g/mol. The van der Waals surface area contributed by atoms with E-state index in [0.717, 1.165) is 109 Å². The number of carbonyl (C=O) groups excluding carboxylic acids is 3. The molecule has 0 heterocycles. The van der Waals surface area contributed by atoms with Crippen molar-refractivity contribution in [1.29, 1.82) is 0 Å². The van der Waals surface area contributed by atoms with E-state index in [2.05, 4.69) is 148 Å². The Hall–Kier alpha value is -4.45. The first-order chi connectivity index (χ1) is 39.0. The normalized spacial score (nSPS) is 13.0. The predicted octanol–water partition coefficient (Wildman–Crippen LogP) is 22.5. The van der Waals surface area contributed by atoms with Gasteiger partial charge in [0.25, 0.3) is 0 Å². The summed E-state index contributed by atoms with van der Waals surface area (Å²) in [6.07, 6.45) is 93.6. The molecule has 0 radical (unpaired) electrons. The molecule has 0 aromatic carbocycles. The number of esters is 3. The van der Waals surface area contributed by atoms with Crippen molar-refractivity contribution in [2.24, 2.45) is 0 Å². The Bertz CT molecular complexity index is 1680. The van der Waals surface area contributed by atoms with Crippen LogP contribution in [0.1, 0.15) is 290 Å². The van der Waals surface area contributed by atoms with Gasteiger partial charge >= 0.3 is 17.9 Å². The van der Waals surface area contributed by atoms with Gasteiger partial charge in [0.1, 0.15) is 13.2 Å². The Morgan fingerprint density at radius 3 is 0.823 bits per heavy atom. The zero-order valence-electron chi connectivity index (χ0n) is 51.3. The Morgan fingerprint density at radius 2 is 0.519 bits per heavy atom. The van der Waals surface area contributed by atoms with Crippen LogP contribution in [0.15, 0.2) is 134 Å². The summed E-state index contributed by atoms with van der Waals surface area (Å²) in [6.45, 7) is 6.34. The number of rotatable bonds is 58. The van der Waals surface area contributed by atoms with Gasteiger partial charge in [0.05, 0.1) is 0 Å². The lowest BCUT2D eigenvalue weighted by molar-refractivity contribution is -0.166. The maximum absolute atomic E-state index is 12.8. The molecule has 1 atom stereocenters. The van der Waals surface area contributed by atoms with Crippen LogP contribution in [0.3, 0.4) is 0 Å². The van der Waals surface area contributed by atoms with E-state index < -0.39 is 12.1 Å². The molecule has 0 amide bonds. The third-order valence-corrected chi connectivity index (χ3v) is 13.7. The molecule has 0 spiro atoms. The van der Waals surface area contributed by atoms with Crippen LogP contribution in [0.25, 0.3) is 0 Å². The molecule has 6 heteroatoms. The molecule has 0 aliphatic rings. The van der Waals surface area contributed by atoms with Crippen LogP contribution < -0.4 is 0 Å². The standard InChI is InChI=1S/C73H120O6/c1-4-7-10-13-16-19-21-23-25-27-29-30-31-32-33-34-35-36-37-38-39-40-41-42-44-45-47-49-51-54-57-60-63-66-72(75)78-69-70(68-77-71(74)65-62-59-56-53-18-15-12-9-6-3)79-73(76)67-64-61-58-55-52-50-48-46-43-28-26-24-22-20-17-14-11-8-5-2/h7-8,10-11,16-17,19-20,23-26,29-30,32-33,43,46,50,52,58,61,70H,4-6,9,12-15,18,21-22,27-28,31,34-42,44-45,47-49,51,53-57,59-60,62-69H2,1-3H3/b10-7-,11-8-,19-16-,20-17-,25-23-,26-24-,30-29-,33-32-,46-43-,52-50-,61-58-. The van der Waals surface area contributed by atoms with Crippen molar-refractivity contribution in [1.82, 2.24) is 0 Å². The highest BCUT2D eigenvalue weighted by Crippen LogP contribution is 2.16. The van der Waals surface area contributed by atoms with Gasteiger partial charge in [-0.2, -0.15) is 0 Å². The fraction of sp³-hybridized carbons (Fsp3) is 0.658. The minimum absolute atomic E-state index is 0.108. The summed E-state index contributed by atoms with van der Waals surface area (Å²) in [6, 6.07) is 0. The Kier molecular flexibility index (Phi) is 62.3. The van der Waals surface area contributed by atoms with E-state index in [9.17, 15) is 14.4 Å². The van der Waals surface area contributed by atoms with Gasteiger partial charge in [-0.15, -0.1) is 0 Å². The van der Waals surface area contributed by atoms with E-state index in [1.807, 2.05) is 6.08 Å². The summed E-state index contributed by atoms with van der Waals surface area (Å²) in [5.41, 5.74) is 0. The molecule has 0 aliphatic carbocycles. The summed E-state index contributed by atoms with van der Waals surface area (Å²) in [5.74, 6) is -0.991. The quantitative estimate of drug-likeness (QED) is 0.0261. The number of unbranched alkanes of at least 4 members (excludes halogenated alkanes) is 25. The summed E-state index contributed by atoms with van der Waals surface area (Å²) in [5, 5.41) is 0. The fourth-order valence-electron chi connectivity index (χ4n) is 8.85. The zero-order chi connectivity index (χ0) is 57.1. The molecule has 0 N–H and O–H groups in total. The minimum Gasteiger partial charge on any atom is -0.462 e. The molecule has 1 unspecified atom stereocenters. The van der Waals surface area contributed by atoms with Gasteiger partial charge in [-0.05, 0) is 103 Å². The number of carbonyl (C=O) groups is 3. The van der Waals surface area contributed by atoms with Gasteiger partial charge in [0.15, 0.2) is 6.10 Å². The van der Waals surface area contributed by atoms with Crippen molar-refractivity contribution >= 4 is 17.9 Å². The van der Waals surface area contributed by atoms with Gasteiger partial charge in [-0.25, -0.2) is 0 Å². The first kappa shape index (κ1) is 74.5. The van der Waals surface area contributed by atoms with Crippen LogP contribution in [0.2, 0.25) is 0 Å². The lowest BCUT2D eigenvalue weighted by atomic mass is 10.0. The van der Waals surface area contributed by atoms with Gasteiger partial charge in [0, 0.05) is 19.3 Å². The third-order valence-electron chi connectivity index (χ3n) is 13.7. The van der Waals surface area contributed by atoms with E-state index >= 15 is 0 Å². The van der Waals surface area contributed by atoms with Gasteiger partial charge in [0.2, 0.25) is 0 Å². The Balaban J connectivity index is 4.19. The summed E-state index contributed by atoms with van der Waals surface area (Å²) in [7, 11) is 0. The lowest BCUT2D eigenvalue weighted by Crippen LogP contribution is -2.30. The summed E-state index contributed by atoms with van der Waals surface area (Å²) < 4.78 is 16.8. The number of ether oxygens (including phenoxy) is 3. The Morgan fingerprint density at radius 1 is 0.266 bits per heavy atom. The van der Waals surface area contributed by atoms with E-state index in [1.54, 1.807) is 0 Å². The molecule has 0 saturated carbocycles. The summed E-state index contributed by atoms with van der Waals surface area (Å²) >= 11 is 0. The van der Waals surface area contributed by atoms with Crippen molar-refractivity contribution in [3.63, 3.8) is 0 Å². The smallest absolute Gasteiger partial charge is 0.306 e. The van der Waals surface area contributed by atoms with Gasteiger partial charge in [-0.3, -0.25) is 14.4 Å². The predicted molar refractivity (Wildman–Crippen MR) is 343 cm³/mol. The molecule has 0 aliphatic heterocycles. The number of allylic oxidation sites excluding steroid dienone is 22. The van der Waals surface area contributed by atoms with Crippen LogP contribution in [0.5, 0.6) is 0 Å². The van der Waals surface area contributed by atoms with Crippen molar-refractivity contribution in [3.05, 3.63) is 134 Å². The van der Waals surface area contributed by atoms with E-state index in [0.29, 0.717) is 19.3 Å². The van der Waals surface area contributed by atoms with Crippen molar-refractivity contribution in [2.45, 2.75) is 297 Å². The fourth-order valence-corrected chi connectivity index (χ4v) is 8.85. The second-order valence-corrected chi connectivity index (χ2v) is 21.3. The molecule has 79 heavy (non-hydrogen) atoms. The molecule has 0 fully saturated rings. The van der Waals surface area contributed by atoms with Crippen LogP contribution >= 0.6 is 0 Å². The SMILES string of the molecule is CC/C=C\C/C=C\C/C=C\C/C=C\C/C=C\C/C=C\CCC(=O)OC(COC(=O)CCCCCCCCCCC)COC(=O)CCCCCCCCCCCCCCCCCCC/C=C\C/C=C\C/C=C\C/C=C\C/C=C\CC. The molecule has 6 nitrogen and oxygen atoms in total. The molecule has 0 bridgehead atoms. The van der Waals surface area contributed by atoms with Crippen LogP contribution in [0.4, 0.5) is 0 Å². The van der Waals surface area contributed by atoms with Crippen molar-refractivity contribution in [2.75, 3.05) is 13.2 Å². The van der Waals surface area contributed by atoms with Crippen LogP contribution in [-0.4, -0.2) is 37.2 Å². The van der Waals surface area contributed by atoms with Crippen molar-refractivity contribution < 1.29 is 28.6 Å². The topological polar surface area (TPSA) is 78.9 Å². The molecule has 0 aromatic heterocycles. The largest absolute Gasteiger partial charge is 0.462 e. The average Bonchev–Trinajstić information content (AvgIpc) is 3.45. The van der Waals surface area contributed by atoms with Crippen LogP contribution in [0, 0.1) is 0 Å². The van der Waals surface area contributed by atoms with Gasteiger partial charge < -0.3 is 14.2 Å². The highest BCUT2D eigenvalue weighted by atomic mass is 16.6. The summed E-state index contributed by atoms with van der Waals surface area (Å²) in [4.78, 5) is 38.1. The molecular weight excluding hydrogens is 973 g/mol. The molecule has 0 aromatic rings. The number of hydrogen-bond acceptors (Lipinski definition) is 6. The highest BCUT2D eigenvalue weighted by molar-refractivity contribution is 5.71. The first-order valence-electron chi connectivity index (χ1n) is 32.7. The second kappa shape index (κ2) is 66.1. The van der Waals surface area contributed by atoms with Crippen molar-refractivity contribution in [3.8, 4) is 0 Å². The van der Waals surface area contributed by atoms with E-state index in [4.69, 9.17) is 14.2 Å². The second-order valence-electron chi connectivity index (χ2n) is 21.3. The van der Waals surface area contributed by atoms with Crippen LogP contribution in [-0.2, 0) is 28.6 Å². The highest BCUT2D eigenvalue weighted by Gasteiger charge is 2.19. The van der Waals surface area contributed by atoms with E-state index in [1.165, 1.54) is 135 Å². The molecular formula is C73H120O6. The molecule has 448 valence electrons. The number of hydrogen-bond donors (Lipinski definition) is 0. The van der Waals surface area contributed by atoms with Gasteiger partial charge in [-0.1, -0.05) is 302 Å². The first-order valence-corrected chi connectivity index (χ1v) is 32.7. The third kappa shape index (κ3) is 64.3. The Labute approximate surface area is 487 Å². The van der Waals surface area contributed by atoms with E-state index in [-0.39, 0.29) is 31.6 Å². The maximum atomic E-state index is 12.8.